The number of morpholine rings is 1. The second-order valence-corrected chi connectivity index (χ2v) is 7.58. The van der Waals surface area contributed by atoms with E-state index >= 15 is 0 Å². The van der Waals surface area contributed by atoms with Gasteiger partial charge in [-0.25, -0.2) is 0 Å². The van der Waals surface area contributed by atoms with Crippen molar-refractivity contribution in [3.05, 3.63) is 54.0 Å². The first-order valence-electron chi connectivity index (χ1n) is 10.2. The van der Waals surface area contributed by atoms with Crippen molar-refractivity contribution in [1.29, 1.82) is 0 Å². The number of furan rings is 1. The summed E-state index contributed by atoms with van der Waals surface area (Å²) in [4.78, 5) is 31.3. The summed E-state index contributed by atoms with van der Waals surface area (Å²) in [6.45, 7) is 5.33. The lowest BCUT2D eigenvalue weighted by Gasteiger charge is -2.39. The molecule has 2 aliphatic heterocycles. The van der Waals surface area contributed by atoms with E-state index in [9.17, 15) is 9.59 Å². The molecule has 2 saturated heterocycles. The first kappa shape index (κ1) is 20.4. The van der Waals surface area contributed by atoms with Crippen molar-refractivity contribution in [3.8, 4) is 5.75 Å². The van der Waals surface area contributed by atoms with E-state index in [-0.39, 0.29) is 17.9 Å². The van der Waals surface area contributed by atoms with E-state index in [0.29, 0.717) is 49.7 Å². The number of hydrogen-bond acceptors (Lipinski definition) is 6. The van der Waals surface area contributed by atoms with Crippen LogP contribution < -0.4 is 4.74 Å². The molecule has 3 heterocycles. The number of hydrogen-bond donors (Lipinski definition) is 0. The predicted octanol–water partition coefficient (Wildman–Crippen LogP) is 1.59. The Bertz CT molecular complexity index is 861. The smallest absolute Gasteiger partial charge is 0.257 e. The van der Waals surface area contributed by atoms with Crippen molar-refractivity contribution >= 4 is 11.8 Å². The molecule has 4 rings (SSSR count). The van der Waals surface area contributed by atoms with E-state index in [1.165, 1.54) is 12.5 Å². The quantitative estimate of drug-likeness (QED) is 0.741. The summed E-state index contributed by atoms with van der Waals surface area (Å²) in [6.07, 6.45) is 2.96. The molecular weight excluding hydrogens is 386 g/mol. The Morgan fingerprint density at radius 1 is 1.03 bits per heavy atom. The highest BCUT2D eigenvalue weighted by molar-refractivity contribution is 5.95. The summed E-state index contributed by atoms with van der Waals surface area (Å²) in [6, 6.07) is 8.94. The second kappa shape index (κ2) is 9.32. The first-order chi connectivity index (χ1) is 14.6. The normalized spacial score (nSPS) is 20.2. The van der Waals surface area contributed by atoms with E-state index in [1.54, 1.807) is 19.2 Å². The van der Waals surface area contributed by atoms with Gasteiger partial charge in [-0.1, -0.05) is 6.07 Å². The lowest BCUT2D eigenvalue weighted by Crippen LogP contribution is -2.54. The third-order valence-electron chi connectivity index (χ3n) is 5.63. The Kier molecular flexibility index (Phi) is 6.35. The summed E-state index contributed by atoms with van der Waals surface area (Å²) in [5.41, 5.74) is 1.21. The van der Waals surface area contributed by atoms with Crippen LogP contribution in [0.5, 0.6) is 5.75 Å². The van der Waals surface area contributed by atoms with Gasteiger partial charge in [0, 0.05) is 51.4 Å². The number of piperazine rings is 1. The second-order valence-electron chi connectivity index (χ2n) is 7.58. The van der Waals surface area contributed by atoms with E-state index in [2.05, 4.69) is 4.90 Å². The highest BCUT2D eigenvalue weighted by Crippen LogP contribution is 2.17. The molecule has 2 fully saturated rings. The SMILES string of the molecule is COc1cccc(C(=O)N2CCN(CC3CN(C(=O)c4ccoc4)CCO3)CC2)c1. The molecule has 8 nitrogen and oxygen atoms in total. The fraction of sp³-hybridized carbons (Fsp3) is 0.455. The van der Waals surface area contributed by atoms with Gasteiger partial charge in [0.25, 0.3) is 11.8 Å². The van der Waals surface area contributed by atoms with Crippen LogP contribution in [0.1, 0.15) is 20.7 Å². The molecule has 0 N–H and O–H groups in total. The van der Waals surface area contributed by atoms with Crippen LogP contribution in [-0.4, -0.2) is 92.1 Å². The fourth-order valence-electron chi connectivity index (χ4n) is 3.94. The number of ether oxygens (including phenoxy) is 2. The molecule has 0 bridgehead atoms. The van der Waals surface area contributed by atoms with Crippen molar-refractivity contribution in [2.24, 2.45) is 0 Å². The molecule has 0 radical (unpaired) electrons. The van der Waals surface area contributed by atoms with Crippen molar-refractivity contribution in [2.75, 3.05) is 59.5 Å². The highest BCUT2D eigenvalue weighted by Gasteiger charge is 2.29. The number of carbonyl (C=O) groups is 2. The minimum Gasteiger partial charge on any atom is -0.497 e. The highest BCUT2D eigenvalue weighted by atomic mass is 16.5. The summed E-state index contributed by atoms with van der Waals surface area (Å²) < 4.78 is 16.1. The minimum absolute atomic E-state index is 0.0224. The van der Waals surface area contributed by atoms with Gasteiger partial charge in [0.2, 0.25) is 0 Å². The van der Waals surface area contributed by atoms with Gasteiger partial charge >= 0.3 is 0 Å². The summed E-state index contributed by atoms with van der Waals surface area (Å²) >= 11 is 0. The van der Waals surface area contributed by atoms with Crippen molar-refractivity contribution in [1.82, 2.24) is 14.7 Å². The zero-order valence-corrected chi connectivity index (χ0v) is 17.2. The topological polar surface area (TPSA) is 75.5 Å². The summed E-state index contributed by atoms with van der Waals surface area (Å²) in [5.74, 6) is 0.688. The molecule has 1 atom stereocenters. The van der Waals surface area contributed by atoms with Crippen LogP contribution in [0.25, 0.3) is 0 Å². The molecule has 1 unspecified atom stereocenters. The third kappa shape index (κ3) is 4.66. The van der Waals surface area contributed by atoms with Gasteiger partial charge in [-0.2, -0.15) is 0 Å². The molecule has 0 spiro atoms. The predicted molar refractivity (Wildman–Crippen MR) is 110 cm³/mol. The first-order valence-corrected chi connectivity index (χ1v) is 10.2. The zero-order chi connectivity index (χ0) is 20.9. The number of benzene rings is 1. The van der Waals surface area contributed by atoms with Gasteiger partial charge in [-0.15, -0.1) is 0 Å². The minimum atomic E-state index is -0.0322. The Morgan fingerprint density at radius 2 is 1.83 bits per heavy atom. The molecule has 1 aromatic heterocycles. The van der Waals surface area contributed by atoms with Crippen LogP contribution in [0, 0.1) is 0 Å². The van der Waals surface area contributed by atoms with E-state index in [0.717, 1.165) is 19.6 Å². The van der Waals surface area contributed by atoms with Crippen molar-refractivity contribution in [3.63, 3.8) is 0 Å². The lowest BCUT2D eigenvalue weighted by atomic mass is 10.1. The number of nitrogens with zero attached hydrogens (tertiary/aromatic N) is 3. The standard InChI is InChI=1S/C22H27N3O5/c1-28-19-4-2-3-17(13-19)21(26)24-8-6-23(7-9-24)14-20-15-25(10-12-30-20)22(27)18-5-11-29-16-18/h2-5,11,13,16,20H,6-10,12,14-15H2,1H3. The molecule has 8 heteroatoms. The number of methoxy groups -OCH3 is 1. The fourth-order valence-corrected chi connectivity index (χ4v) is 3.94. The molecule has 0 aliphatic carbocycles. The number of carbonyl (C=O) groups excluding carboxylic acids is 2. The van der Waals surface area contributed by atoms with E-state index in [4.69, 9.17) is 13.9 Å². The number of rotatable bonds is 5. The van der Waals surface area contributed by atoms with Crippen LogP contribution in [0.2, 0.25) is 0 Å². The van der Waals surface area contributed by atoms with Gasteiger partial charge in [0.15, 0.2) is 0 Å². The molecule has 30 heavy (non-hydrogen) atoms. The largest absolute Gasteiger partial charge is 0.497 e. The van der Waals surface area contributed by atoms with E-state index in [1.807, 2.05) is 28.0 Å². The Hall–Kier alpha value is -2.84. The maximum Gasteiger partial charge on any atom is 0.257 e. The van der Waals surface area contributed by atoms with Crippen LogP contribution in [0.3, 0.4) is 0 Å². The van der Waals surface area contributed by atoms with Crippen LogP contribution >= 0.6 is 0 Å². The molecule has 1 aromatic carbocycles. The van der Waals surface area contributed by atoms with Gasteiger partial charge in [0.1, 0.15) is 12.0 Å². The molecule has 0 saturated carbocycles. The van der Waals surface area contributed by atoms with Crippen molar-refractivity contribution in [2.45, 2.75) is 6.10 Å². The maximum atomic E-state index is 12.8. The zero-order valence-electron chi connectivity index (χ0n) is 17.2. The van der Waals surface area contributed by atoms with Crippen LogP contribution in [-0.2, 0) is 4.74 Å². The average Bonchev–Trinajstić information content (AvgIpc) is 3.34. The van der Waals surface area contributed by atoms with Gasteiger partial charge in [-0.3, -0.25) is 14.5 Å². The van der Waals surface area contributed by atoms with Gasteiger partial charge in [0.05, 0.1) is 31.6 Å². The monoisotopic (exact) mass is 413 g/mol. The molecule has 2 aromatic rings. The average molecular weight is 413 g/mol. The van der Waals surface area contributed by atoms with E-state index < -0.39 is 0 Å². The molecule has 160 valence electrons. The van der Waals surface area contributed by atoms with Crippen LogP contribution in [0.15, 0.2) is 47.3 Å². The Labute approximate surface area is 175 Å². The Morgan fingerprint density at radius 3 is 2.57 bits per heavy atom. The number of amides is 2. The molecule has 2 amide bonds. The van der Waals surface area contributed by atoms with Crippen molar-refractivity contribution < 1.29 is 23.5 Å². The summed E-state index contributed by atoms with van der Waals surface area (Å²) in [7, 11) is 1.60. The summed E-state index contributed by atoms with van der Waals surface area (Å²) in [5, 5.41) is 0. The van der Waals surface area contributed by atoms with Crippen LogP contribution in [0.4, 0.5) is 0 Å². The third-order valence-corrected chi connectivity index (χ3v) is 5.63. The van der Waals surface area contributed by atoms with Gasteiger partial charge < -0.3 is 23.7 Å². The lowest BCUT2D eigenvalue weighted by molar-refractivity contribution is -0.0400. The molecule has 2 aliphatic rings. The van der Waals surface area contributed by atoms with Gasteiger partial charge in [-0.05, 0) is 24.3 Å². The molecular formula is C22H27N3O5. The maximum absolute atomic E-state index is 12.8. The Balaban J connectivity index is 1.27.